The lowest BCUT2D eigenvalue weighted by Gasteiger charge is -2.14. The van der Waals surface area contributed by atoms with Gasteiger partial charge < -0.3 is 10.2 Å². The van der Waals surface area contributed by atoms with Crippen LogP contribution in [0, 0.1) is 20.8 Å². The first-order chi connectivity index (χ1) is 6.00. The number of rotatable bonds is 1. The molecule has 0 bridgehead atoms. The molecule has 1 aromatic carbocycles. The molecule has 0 aromatic heterocycles. The van der Waals surface area contributed by atoms with Crippen LogP contribution in [0.15, 0.2) is 0 Å². The second kappa shape index (κ2) is 3.56. The van der Waals surface area contributed by atoms with E-state index in [1.807, 2.05) is 6.92 Å². The molecule has 2 N–H and O–H groups in total. The van der Waals surface area contributed by atoms with Crippen LogP contribution in [0.5, 0.6) is 5.75 Å². The molecule has 0 fully saturated rings. The highest BCUT2D eigenvalue weighted by Gasteiger charge is 2.14. The Balaban J connectivity index is 3.56. The van der Waals surface area contributed by atoms with Gasteiger partial charge in [0, 0.05) is 0 Å². The molecule has 0 aliphatic heterocycles. The van der Waals surface area contributed by atoms with Crippen LogP contribution in [0.2, 0.25) is 5.02 Å². The summed E-state index contributed by atoms with van der Waals surface area (Å²) >= 11 is 5.88. The Morgan fingerprint density at radius 2 is 1.62 bits per heavy atom. The molecule has 0 spiro atoms. The van der Waals surface area contributed by atoms with E-state index in [1.165, 1.54) is 0 Å². The summed E-state index contributed by atoms with van der Waals surface area (Å²) in [5, 5.41) is 19.0. The van der Waals surface area contributed by atoms with Crippen LogP contribution in [0.4, 0.5) is 0 Å². The molecule has 72 valence electrons. The Hall–Kier alpha value is -0.730. The Bertz CT molecular complexity index is 316. The molecule has 0 radical (unpaired) electrons. The minimum absolute atomic E-state index is 0.0431. The number of aliphatic hydroxyl groups is 1. The predicted molar refractivity (Wildman–Crippen MR) is 53.3 cm³/mol. The van der Waals surface area contributed by atoms with Crippen molar-refractivity contribution < 1.29 is 10.2 Å². The lowest BCUT2D eigenvalue weighted by molar-refractivity contribution is 0.280. The third kappa shape index (κ3) is 1.52. The van der Waals surface area contributed by atoms with E-state index in [0.29, 0.717) is 5.02 Å². The molecule has 3 heteroatoms. The van der Waals surface area contributed by atoms with Crippen molar-refractivity contribution in [2.75, 3.05) is 0 Å². The maximum Gasteiger partial charge on any atom is 0.137 e. The molecule has 0 heterocycles. The van der Waals surface area contributed by atoms with E-state index in [1.54, 1.807) is 13.8 Å². The summed E-state index contributed by atoms with van der Waals surface area (Å²) in [6.07, 6.45) is 0. The van der Waals surface area contributed by atoms with Crippen molar-refractivity contribution in [3.05, 3.63) is 27.3 Å². The highest BCUT2D eigenvalue weighted by atomic mass is 35.5. The normalized spacial score (nSPS) is 10.5. The fourth-order valence-electron chi connectivity index (χ4n) is 1.40. The third-order valence-electron chi connectivity index (χ3n) is 2.52. The van der Waals surface area contributed by atoms with Gasteiger partial charge in [-0.2, -0.15) is 0 Å². The molecular weight excluding hydrogens is 188 g/mol. The number of phenols is 1. The van der Waals surface area contributed by atoms with Crippen molar-refractivity contribution in [3.8, 4) is 5.75 Å². The number of hydrogen-bond donors (Lipinski definition) is 2. The number of hydrogen-bond acceptors (Lipinski definition) is 2. The van der Waals surface area contributed by atoms with Crippen LogP contribution in [0.25, 0.3) is 0 Å². The van der Waals surface area contributed by atoms with Crippen LogP contribution in [-0.4, -0.2) is 10.2 Å². The minimum Gasteiger partial charge on any atom is -0.506 e. The van der Waals surface area contributed by atoms with Crippen LogP contribution >= 0.6 is 11.6 Å². The zero-order chi connectivity index (χ0) is 10.2. The summed E-state index contributed by atoms with van der Waals surface area (Å²) in [7, 11) is 0. The van der Waals surface area contributed by atoms with Gasteiger partial charge in [0.1, 0.15) is 5.75 Å². The van der Waals surface area contributed by atoms with E-state index < -0.39 is 0 Å². The van der Waals surface area contributed by atoms with Gasteiger partial charge in [-0.15, -0.1) is 0 Å². The first-order valence-corrected chi connectivity index (χ1v) is 4.46. The summed E-state index contributed by atoms with van der Waals surface area (Å²) in [4.78, 5) is 0. The highest BCUT2D eigenvalue weighted by molar-refractivity contribution is 6.33. The van der Waals surface area contributed by atoms with Gasteiger partial charge in [0.25, 0.3) is 0 Å². The number of halogens is 1. The van der Waals surface area contributed by atoms with Crippen LogP contribution in [0.3, 0.4) is 0 Å². The molecule has 0 saturated heterocycles. The van der Waals surface area contributed by atoms with Crippen molar-refractivity contribution >= 4 is 11.6 Å². The van der Waals surface area contributed by atoms with Crippen LogP contribution < -0.4 is 0 Å². The zero-order valence-corrected chi connectivity index (χ0v) is 8.74. The topological polar surface area (TPSA) is 40.5 Å². The maximum absolute atomic E-state index is 9.57. The fraction of sp³-hybridized carbons (Fsp3) is 0.400. The number of benzene rings is 1. The van der Waals surface area contributed by atoms with E-state index in [2.05, 4.69) is 0 Å². The molecule has 2 nitrogen and oxygen atoms in total. The average molecular weight is 201 g/mol. The monoisotopic (exact) mass is 200 g/mol. The molecule has 0 aliphatic carbocycles. The molecule has 0 atom stereocenters. The summed E-state index contributed by atoms with van der Waals surface area (Å²) in [6, 6.07) is 0. The summed E-state index contributed by atoms with van der Waals surface area (Å²) in [5.41, 5.74) is 3.20. The largest absolute Gasteiger partial charge is 0.506 e. The molecule has 0 saturated carbocycles. The highest BCUT2D eigenvalue weighted by Crippen LogP contribution is 2.35. The predicted octanol–water partition coefficient (Wildman–Crippen LogP) is 2.46. The van der Waals surface area contributed by atoms with Gasteiger partial charge >= 0.3 is 0 Å². The average Bonchev–Trinajstić information content (AvgIpc) is 2.13. The Labute approximate surface area is 82.8 Å². The van der Waals surface area contributed by atoms with E-state index in [9.17, 15) is 5.11 Å². The first kappa shape index (κ1) is 10.4. The molecule has 1 aromatic rings. The van der Waals surface area contributed by atoms with Crippen LogP contribution in [-0.2, 0) is 6.61 Å². The molecule has 13 heavy (non-hydrogen) atoms. The summed E-state index contributed by atoms with van der Waals surface area (Å²) in [5.74, 6) is 0.119. The number of phenolic OH excluding ortho intramolecular Hbond substituents is 1. The van der Waals surface area contributed by atoms with E-state index in [0.717, 1.165) is 22.3 Å². The van der Waals surface area contributed by atoms with E-state index in [4.69, 9.17) is 16.7 Å². The molecule has 1 rings (SSSR count). The summed E-state index contributed by atoms with van der Waals surface area (Å²) < 4.78 is 0. The van der Waals surface area contributed by atoms with Crippen molar-refractivity contribution in [1.29, 1.82) is 0 Å². The van der Waals surface area contributed by atoms with E-state index >= 15 is 0 Å². The van der Waals surface area contributed by atoms with Crippen molar-refractivity contribution in [2.45, 2.75) is 27.4 Å². The van der Waals surface area contributed by atoms with Gasteiger partial charge in [-0.3, -0.25) is 0 Å². The SMILES string of the molecule is Cc1c(C)c(CO)c(C)c(Cl)c1O. The van der Waals surface area contributed by atoms with Gasteiger partial charge in [0.05, 0.1) is 11.6 Å². The first-order valence-electron chi connectivity index (χ1n) is 4.08. The van der Waals surface area contributed by atoms with Crippen LogP contribution in [0.1, 0.15) is 22.3 Å². The van der Waals surface area contributed by atoms with Gasteiger partial charge in [-0.1, -0.05) is 11.6 Å². The second-order valence-corrected chi connectivity index (χ2v) is 3.55. The Morgan fingerprint density at radius 1 is 1.08 bits per heavy atom. The maximum atomic E-state index is 9.57. The van der Waals surface area contributed by atoms with Gasteiger partial charge in [0.2, 0.25) is 0 Å². The smallest absolute Gasteiger partial charge is 0.137 e. The molecule has 0 unspecified atom stereocenters. The third-order valence-corrected chi connectivity index (χ3v) is 2.98. The zero-order valence-electron chi connectivity index (χ0n) is 7.98. The van der Waals surface area contributed by atoms with E-state index in [-0.39, 0.29) is 12.4 Å². The standard InChI is InChI=1S/C10H13ClO2/c1-5-6(2)10(13)9(11)7(3)8(5)4-12/h12-13H,4H2,1-3H3. The Morgan fingerprint density at radius 3 is 2.08 bits per heavy atom. The second-order valence-electron chi connectivity index (χ2n) is 3.17. The minimum atomic E-state index is -0.0431. The number of aromatic hydroxyl groups is 1. The number of aliphatic hydroxyl groups excluding tert-OH is 1. The van der Waals surface area contributed by atoms with Crippen molar-refractivity contribution in [3.63, 3.8) is 0 Å². The lowest BCUT2D eigenvalue weighted by Crippen LogP contribution is -1.97. The molecule has 0 aliphatic rings. The van der Waals surface area contributed by atoms with Gasteiger partial charge in [-0.25, -0.2) is 0 Å². The lowest BCUT2D eigenvalue weighted by atomic mass is 9.98. The van der Waals surface area contributed by atoms with Gasteiger partial charge in [-0.05, 0) is 43.0 Å². The van der Waals surface area contributed by atoms with Gasteiger partial charge in [0.15, 0.2) is 0 Å². The van der Waals surface area contributed by atoms with Crippen molar-refractivity contribution in [2.24, 2.45) is 0 Å². The van der Waals surface area contributed by atoms with Crippen molar-refractivity contribution in [1.82, 2.24) is 0 Å². The molecular formula is C10H13ClO2. The fourth-order valence-corrected chi connectivity index (χ4v) is 1.65. The quantitative estimate of drug-likeness (QED) is 0.731. The molecule has 0 amide bonds. The Kier molecular flexibility index (Phi) is 2.84. The summed E-state index contributed by atoms with van der Waals surface area (Å²) in [6.45, 7) is 5.40.